The average Bonchev–Trinajstić information content (AvgIpc) is 3.01. The van der Waals surface area contributed by atoms with Gasteiger partial charge in [-0.2, -0.15) is 0 Å². The lowest BCUT2D eigenvalue weighted by Crippen LogP contribution is -2.38. The molecule has 3 heterocycles. The lowest BCUT2D eigenvalue weighted by atomic mass is 10.1. The van der Waals surface area contributed by atoms with Crippen LogP contribution in [0, 0.1) is 13.8 Å². The molecule has 0 saturated carbocycles. The first-order valence-corrected chi connectivity index (χ1v) is 8.18. The van der Waals surface area contributed by atoms with Crippen molar-refractivity contribution in [2.45, 2.75) is 26.5 Å². The molecule has 6 nitrogen and oxygen atoms in total. The molecule has 0 aliphatic carbocycles. The number of aromatic nitrogens is 3. The zero-order valence-electron chi connectivity index (χ0n) is 13.9. The van der Waals surface area contributed by atoms with Crippen molar-refractivity contribution in [3.63, 3.8) is 0 Å². The monoisotopic (exact) mass is 324 g/mol. The number of fused-ring (bicyclic) bond motifs is 1. The quantitative estimate of drug-likeness (QED) is 0.738. The fourth-order valence-corrected chi connectivity index (χ4v) is 3.20. The van der Waals surface area contributed by atoms with Gasteiger partial charge >= 0.3 is 0 Å². The molecule has 1 aromatic carbocycles. The van der Waals surface area contributed by atoms with Crippen molar-refractivity contribution in [3.05, 3.63) is 53.4 Å². The molecule has 3 aromatic rings. The molecule has 1 fully saturated rings. The molecule has 24 heavy (non-hydrogen) atoms. The van der Waals surface area contributed by atoms with Gasteiger partial charge in [0.2, 0.25) is 11.8 Å². The first-order chi connectivity index (χ1) is 11.7. The Morgan fingerprint density at radius 1 is 1.21 bits per heavy atom. The third kappa shape index (κ3) is 3.02. The van der Waals surface area contributed by atoms with E-state index in [9.17, 15) is 0 Å². The van der Waals surface area contributed by atoms with Crippen molar-refractivity contribution in [1.29, 1.82) is 0 Å². The van der Waals surface area contributed by atoms with Crippen molar-refractivity contribution >= 4 is 10.9 Å². The number of hydrogen-bond donors (Lipinski definition) is 0. The summed E-state index contributed by atoms with van der Waals surface area (Å²) >= 11 is 0. The summed E-state index contributed by atoms with van der Waals surface area (Å²) in [7, 11) is 0. The van der Waals surface area contributed by atoms with Gasteiger partial charge in [-0.1, -0.05) is 18.2 Å². The molecule has 124 valence electrons. The first kappa shape index (κ1) is 15.2. The van der Waals surface area contributed by atoms with Gasteiger partial charge in [0.05, 0.1) is 12.1 Å². The Bertz CT molecular complexity index is 861. The van der Waals surface area contributed by atoms with Crippen LogP contribution in [0.2, 0.25) is 0 Å². The highest BCUT2D eigenvalue weighted by Gasteiger charge is 2.26. The second-order valence-corrected chi connectivity index (χ2v) is 6.19. The van der Waals surface area contributed by atoms with E-state index in [-0.39, 0.29) is 6.10 Å². The molecule has 1 aliphatic heterocycles. The Balaban J connectivity index is 1.57. The van der Waals surface area contributed by atoms with Crippen LogP contribution in [0.4, 0.5) is 0 Å². The fraction of sp³-hybridized carbons (Fsp3) is 0.389. The molecule has 0 radical (unpaired) electrons. The second kappa shape index (κ2) is 6.30. The molecule has 0 amide bonds. The van der Waals surface area contributed by atoms with Crippen molar-refractivity contribution in [3.8, 4) is 0 Å². The molecule has 0 bridgehead atoms. The van der Waals surface area contributed by atoms with E-state index in [2.05, 4.69) is 44.3 Å². The number of benzene rings is 1. The summed E-state index contributed by atoms with van der Waals surface area (Å²) in [6.45, 7) is 6.99. The summed E-state index contributed by atoms with van der Waals surface area (Å²) in [5.41, 5.74) is 3.38. The molecule has 2 aromatic heterocycles. The molecule has 1 unspecified atom stereocenters. The van der Waals surface area contributed by atoms with Gasteiger partial charge < -0.3 is 9.15 Å². The van der Waals surface area contributed by atoms with E-state index in [1.165, 1.54) is 10.9 Å². The highest BCUT2D eigenvalue weighted by Crippen LogP contribution is 2.25. The van der Waals surface area contributed by atoms with Gasteiger partial charge in [0.25, 0.3) is 0 Å². The van der Waals surface area contributed by atoms with Crippen LogP contribution in [-0.4, -0.2) is 39.8 Å². The van der Waals surface area contributed by atoms with Gasteiger partial charge in [-0.25, -0.2) is 0 Å². The Morgan fingerprint density at radius 3 is 2.92 bits per heavy atom. The van der Waals surface area contributed by atoms with E-state index < -0.39 is 0 Å². The van der Waals surface area contributed by atoms with E-state index in [0.717, 1.165) is 30.8 Å². The smallest absolute Gasteiger partial charge is 0.246 e. The maximum absolute atomic E-state index is 5.81. The van der Waals surface area contributed by atoms with Crippen LogP contribution in [0.5, 0.6) is 0 Å². The van der Waals surface area contributed by atoms with Gasteiger partial charge in [-0.3, -0.25) is 9.88 Å². The molecule has 0 spiro atoms. The molecule has 6 heteroatoms. The molecule has 0 N–H and O–H groups in total. The SMILES string of the molecule is Cc1cc(CN2CCOC(c3nnc(C)o3)C2)c2ccccc2n1. The fourth-order valence-electron chi connectivity index (χ4n) is 3.20. The van der Waals surface area contributed by atoms with E-state index in [1.807, 2.05) is 13.0 Å². The second-order valence-electron chi connectivity index (χ2n) is 6.19. The number of para-hydroxylation sites is 1. The number of nitrogens with zero attached hydrogens (tertiary/aromatic N) is 4. The Hall–Kier alpha value is -2.31. The number of rotatable bonds is 3. The lowest BCUT2D eigenvalue weighted by molar-refractivity contribution is -0.0456. The van der Waals surface area contributed by atoms with E-state index >= 15 is 0 Å². The first-order valence-electron chi connectivity index (χ1n) is 8.18. The van der Waals surface area contributed by atoms with E-state index in [1.54, 1.807) is 6.92 Å². The number of morpholine rings is 1. The maximum Gasteiger partial charge on any atom is 0.246 e. The summed E-state index contributed by atoms with van der Waals surface area (Å²) in [5, 5.41) is 9.20. The molecular formula is C18H20N4O2. The van der Waals surface area contributed by atoms with Gasteiger partial charge in [-0.05, 0) is 24.6 Å². The molecule has 4 rings (SSSR count). The summed E-state index contributed by atoms with van der Waals surface area (Å²) in [6, 6.07) is 10.5. The van der Waals surface area contributed by atoms with Crippen LogP contribution >= 0.6 is 0 Å². The normalized spacial score (nSPS) is 19.0. The maximum atomic E-state index is 5.81. The van der Waals surface area contributed by atoms with E-state index in [0.29, 0.717) is 18.4 Å². The van der Waals surface area contributed by atoms with Gasteiger partial charge in [0.15, 0.2) is 0 Å². The predicted octanol–water partition coefficient (Wildman–Crippen LogP) is 2.81. The lowest BCUT2D eigenvalue weighted by Gasteiger charge is -2.31. The van der Waals surface area contributed by atoms with Crippen LogP contribution in [0.15, 0.2) is 34.7 Å². The van der Waals surface area contributed by atoms with Gasteiger partial charge in [-0.15, -0.1) is 10.2 Å². The van der Waals surface area contributed by atoms with Crippen LogP contribution in [-0.2, 0) is 11.3 Å². The predicted molar refractivity (Wildman–Crippen MR) is 89.5 cm³/mol. The minimum Gasteiger partial charge on any atom is -0.423 e. The summed E-state index contributed by atoms with van der Waals surface area (Å²) in [4.78, 5) is 6.99. The molecule has 1 atom stereocenters. The average molecular weight is 324 g/mol. The number of pyridine rings is 1. The topological polar surface area (TPSA) is 64.3 Å². The van der Waals surface area contributed by atoms with Crippen molar-refractivity contribution in [2.24, 2.45) is 0 Å². The molecule has 1 aliphatic rings. The van der Waals surface area contributed by atoms with Crippen molar-refractivity contribution in [1.82, 2.24) is 20.1 Å². The number of aryl methyl sites for hydroxylation is 2. The Morgan fingerprint density at radius 2 is 2.08 bits per heavy atom. The van der Waals surface area contributed by atoms with Gasteiger partial charge in [0, 0.05) is 37.6 Å². The van der Waals surface area contributed by atoms with Crippen LogP contribution in [0.1, 0.15) is 29.1 Å². The standard InChI is InChI=1S/C18H20N4O2/c1-12-9-14(15-5-3-4-6-16(15)19-12)10-22-7-8-23-17(11-22)18-21-20-13(2)24-18/h3-6,9,17H,7-8,10-11H2,1-2H3. The Kier molecular flexibility index (Phi) is 4.00. The molecule has 1 saturated heterocycles. The minimum absolute atomic E-state index is 0.158. The minimum atomic E-state index is -0.158. The third-order valence-corrected chi connectivity index (χ3v) is 4.29. The summed E-state index contributed by atoms with van der Waals surface area (Å²) in [5.74, 6) is 1.13. The number of ether oxygens (including phenoxy) is 1. The Labute approximate surface area is 140 Å². The summed E-state index contributed by atoms with van der Waals surface area (Å²) in [6.07, 6.45) is -0.158. The third-order valence-electron chi connectivity index (χ3n) is 4.29. The van der Waals surface area contributed by atoms with Crippen molar-refractivity contribution in [2.75, 3.05) is 19.7 Å². The largest absolute Gasteiger partial charge is 0.423 e. The zero-order chi connectivity index (χ0) is 16.5. The highest BCUT2D eigenvalue weighted by molar-refractivity contribution is 5.82. The summed E-state index contributed by atoms with van der Waals surface area (Å²) < 4.78 is 11.3. The number of hydrogen-bond acceptors (Lipinski definition) is 6. The highest BCUT2D eigenvalue weighted by atomic mass is 16.5. The van der Waals surface area contributed by atoms with Crippen LogP contribution in [0.3, 0.4) is 0 Å². The van der Waals surface area contributed by atoms with Crippen LogP contribution in [0.25, 0.3) is 10.9 Å². The van der Waals surface area contributed by atoms with Gasteiger partial charge in [0.1, 0.15) is 6.10 Å². The van der Waals surface area contributed by atoms with Crippen LogP contribution < -0.4 is 0 Å². The van der Waals surface area contributed by atoms with E-state index in [4.69, 9.17) is 9.15 Å². The van der Waals surface area contributed by atoms with Crippen molar-refractivity contribution < 1.29 is 9.15 Å². The molecular weight excluding hydrogens is 304 g/mol. The zero-order valence-corrected chi connectivity index (χ0v) is 13.9.